The number of hydrogen-bond donors (Lipinski definition) is 1. The predicted octanol–water partition coefficient (Wildman–Crippen LogP) is 22.9. The van der Waals surface area contributed by atoms with Crippen molar-refractivity contribution >= 4 is 204 Å². The van der Waals surface area contributed by atoms with E-state index in [1.165, 1.54) is 0 Å². The van der Waals surface area contributed by atoms with Gasteiger partial charge in [-0.05, 0) is 202 Å². The van der Waals surface area contributed by atoms with Crippen molar-refractivity contribution in [3.63, 3.8) is 0 Å². The molecule has 4 aromatic heterocycles. The summed E-state index contributed by atoms with van der Waals surface area (Å²) >= 11 is 14.9. The molecule has 0 radical (unpaired) electrons. The Morgan fingerprint density at radius 2 is 0.959 bits per heavy atom. The van der Waals surface area contributed by atoms with Gasteiger partial charge in [-0.3, -0.25) is 19.6 Å². The molecule has 34 heteroatoms. The van der Waals surface area contributed by atoms with Crippen LogP contribution in [0.3, 0.4) is 0 Å². The average molecular weight is 1670 g/mol. The summed E-state index contributed by atoms with van der Waals surface area (Å²) in [7, 11) is 30.4. The molecule has 1 N–H and O–H groups in total. The number of rotatable bonds is 17. The number of carbonyl (C=O) groups is 3. The zero-order chi connectivity index (χ0) is 70.3. The summed E-state index contributed by atoms with van der Waals surface area (Å²) in [5.74, 6) is -2.06. The molecule has 0 spiro atoms. The smallest absolute Gasteiger partial charge is 0.410 e. The van der Waals surface area contributed by atoms with Crippen molar-refractivity contribution in [2.24, 2.45) is 0 Å². The maximum atomic E-state index is 14.8. The summed E-state index contributed by atoms with van der Waals surface area (Å²) in [4.78, 5) is 54.8. The third kappa shape index (κ3) is 23.3. The summed E-state index contributed by atoms with van der Waals surface area (Å²) in [6.45, 7) is 6.71. The van der Waals surface area contributed by atoms with Gasteiger partial charge >= 0.3 is 6.09 Å². The van der Waals surface area contributed by atoms with Gasteiger partial charge in [0.25, 0.3) is 11.8 Å². The third-order valence-electron chi connectivity index (χ3n) is 16.1. The van der Waals surface area contributed by atoms with Crippen molar-refractivity contribution in [1.29, 1.82) is 0 Å². The van der Waals surface area contributed by atoms with Crippen LogP contribution < -0.4 is 14.8 Å². The molecular formula is C63H82Cl3F4N6O6P13S2. The fourth-order valence-electron chi connectivity index (χ4n) is 11.1. The summed E-state index contributed by atoms with van der Waals surface area (Å²) in [6, 6.07) is 23.5. The molecule has 0 bridgehead atoms. The second-order valence-electron chi connectivity index (χ2n) is 23.3. The lowest BCUT2D eigenvalue weighted by atomic mass is 9.89. The Morgan fingerprint density at radius 3 is 1.28 bits per heavy atom. The number of thiophene rings is 2. The lowest BCUT2D eigenvalue weighted by Crippen LogP contribution is -2.47. The number of fused-ring (bicyclic) bond motifs is 2. The first kappa shape index (κ1) is 85.0. The Hall–Kier alpha value is -0.950. The minimum atomic E-state index is -0.685. The molecule has 0 saturated heterocycles. The van der Waals surface area contributed by atoms with Crippen LogP contribution >= 0.6 is 166 Å². The second kappa shape index (κ2) is 40.5. The number of aromatic nitrogens is 2. The van der Waals surface area contributed by atoms with Crippen molar-refractivity contribution in [2.75, 3.05) is 28.3 Å². The van der Waals surface area contributed by atoms with E-state index in [2.05, 4.69) is 86.7 Å². The van der Waals surface area contributed by atoms with Gasteiger partial charge in [-0.1, -0.05) is 43.3 Å². The first-order chi connectivity index (χ1) is 45.6. The van der Waals surface area contributed by atoms with Gasteiger partial charge in [0, 0.05) is 80.2 Å². The summed E-state index contributed by atoms with van der Waals surface area (Å²) in [5.41, 5.74) is 4.83. The standard InChI is InChI=1S/C34H36ClF2N3O4S.C29H28ClF2N3O2S.ClH.H9P7.H8P6/c1-34(2,3)44-33(42)39(4)23-7-9-24(10-8-23)40(32(41)31-29(35)28-25(36)11-12-26(37)30(28)45-31)19-22-18-21(6-13-27(22)43-5)20-14-16-38-17-15-20;1-33-20-4-6-21(7-5-20)35(29(36)28-26(30)25-22(31)8-9-23(32)27(25)38-28)16-19-15-18(3-10-24(19)37-2)17-11-13-34-14-12-17;;1-5-7(4)6(2)3;1-5(2)6(3)4/h6,11-18,23-24H,7-10,19H2,1-5H3;3,8-15,20-21,33H,4-7,16H2,1-2H3;1H;5H,1-4H2;1-4H2. The lowest BCUT2D eigenvalue weighted by molar-refractivity contribution is 0.0144. The molecule has 8 aromatic rings. The molecule has 10 unspecified atom stereocenters. The summed E-state index contributed by atoms with van der Waals surface area (Å²) < 4.78 is 75.6. The van der Waals surface area contributed by atoms with Gasteiger partial charge in [0.1, 0.15) is 50.1 Å². The van der Waals surface area contributed by atoms with Gasteiger partial charge in [0.2, 0.25) is 0 Å². The van der Waals surface area contributed by atoms with Crippen LogP contribution in [0.5, 0.6) is 11.5 Å². The largest absolute Gasteiger partial charge is 0.496 e. The normalized spacial score (nSPS) is 16.5. The molecule has 4 heterocycles. The molecule has 2 aliphatic rings. The molecular weight excluding hydrogens is 1590 g/mol. The number of halogens is 7. The molecule has 4 aromatic carbocycles. The fourth-order valence-corrected chi connectivity index (χ4v) is 30.2. The molecule has 10 rings (SSSR count). The molecule has 2 aliphatic carbocycles. The number of nitrogens with zero attached hydrogens (tertiary/aromatic N) is 5. The van der Waals surface area contributed by atoms with E-state index >= 15 is 0 Å². The number of ether oxygens (including phenoxy) is 3. The third-order valence-corrected chi connectivity index (χ3v) is 71.2. The Bertz CT molecular complexity index is 3920. The van der Waals surface area contributed by atoms with E-state index in [1.807, 2.05) is 88.5 Å². The first-order valence-corrected chi connectivity index (χ1v) is 54.2. The lowest BCUT2D eigenvalue weighted by Gasteiger charge is -2.40. The van der Waals surface area contributed by atoms with Crippen LogP contribution in [0.2, 0.25) is 10.0 Å². The zero-order valence-corrected chi connectivity index (χ0v) is 72.1. The minimum absolute atomic E-state index is 0. The molecule has 10 atom stereocenters. The number of benzene rings is 4. The van der Waals surface area contributed by atoms with Gasteiger partial charge in [-0.15, -0.1) is 107 Å². The van der Waals surface area contributed by atoms with Crippen LogP contribution in [0.15, 0.2) is 110 Å². The molecule has 3 amide bonds. The molecule has 2 fully saturated rings. The molecule has 0 aliphatic heterocycles. The van der Waals surface area contributed by atoms with Crippen LogP contribution in [0, 0.1) is 23.3 Å². The topological polar surface area (TPSA) is 126 Å². The van der Waals surface area contributed by atoms with Gasteiger partial charge in [0.15, 0.2) is 0 Å². The summed E-state index contributed by atoms with van der Waals surface area (Å²) in [5, 5.41) is 3.05. The highest BCUT2D eigenvalue weighted by Crippen LogP contribution is 2.92. The summed E-state index contributed by atoms with van der Waals surface area (Å²) in [6.07, 6.45) is 12.4. The van der Waals surface area contributed by atoms with Crippen molar-refractivity contribution in [1.82, 2.24) is 30.0 Å². The van der Waals surface area contributed by atoms with E-state index < -0.39 is 40.9 Å². The molecule has 2 saturated carbocycles. The number of carbonyl (C=O) groups excluding carboxylic acids is 3. The van der Waals surface area contributed by atoms with Crippen LogP contribution in [-0.2, 0) is 17.8 Å². The van der Waals surface area contributed by atoms with E-state index in [-0.39, 0.29) is 117 Å². The number of pyridine rings is 2. The highest BCUT2D eigenvalue weighted by atomic mass is 35.5. The highest BCUT2D eigenvalue weighted by molar-refractivity contribution is 8.98. The van der Waals surface area contributed by atoms with Crippen LogP contribution in [0.4, 0.5) is 22.4 Å². The van der Waals surface area contributed by atoms with Crippen LogP contribution in [0.25, 0.3) is 42.4 Å². The zero-order valence-electron chi connectivity index (χ0n) is 54.4. The van der Waals surface area contributed by atoms with Crippen molar-refractivity contribution < 1.29 is 46.2 Å². The molecule has 526 valence electrons. The maximum Gasteiger partial charge on any atom is 0.410 e. The Balaban J connectivity index is 0.000000259. The van der Waals surface area contributed by atoms with E-state index in [1.54, 1.807) is 60.8 Å². The van der Waals surface area contributed by atoms with E-state index in [0.717, 1.165) is 114 Å². The van der Waals surface area contributed by atoms with Crippen molar-refractivity contribution in [2.45, 2.75) is 115 Å². The highest BCUT2D eigenvalue weighted by Gasteiger charge is 2.37. The second-order valence-corrected chi connectivity index (χ2v) is 68.1. The Morgan fingerprint density at radius 1 is 0.588 bits per heavy atom. The Kier molecular flexibility index (Phi) is 35.5. The van der Waals surface area contributed by atoms with Crippen molar-refractivity contribution in [3.05, 3.63) is 164 Å². The number of methoxy groups -OCH3 is 2. The average Bonchev–Trinajstić information content (AvgIpc) is 1.63. The van der Waals surface area contributed by atoms with E-state index in [9.17, 15) is 31.9 Å². The first-order valence-electron chi connectivity index (χ1n) is 30.0. The fraction of sp³-hybridized carbons (Fsp3) is 0.349. The molecule has 12 nitrogen and oxygen atoms in total. The minimum Gasteiger partial charge on any atom is -0.496 e. The van der Waals surface area contributed by atoms with E-state index in [0.29, 0.717) is 43.2 Å². The molecule has 97 heavy (non-hydrogen) atoms. The maximum absolute atomic E-state index is 14.8. The number of amides is 3. The van der Waals surface area contributed by atoms with Gasteiger partial charge < -0.3 is 34.2 Å². The number of nitrogens with one attached hydrogen (secondary N) is 1. The number of hydrogen-bond acceptors (Lipinski definition) is 11. The van der Waals surface area contributed by atoms with Gasteiger partial charge in [-0.2, -0.15) is 0 Å². The van der Waals surface area contributed by atoms with Crippen LogP contribution in [-0.4, -0.2) is 101 Å². The Labute approximate surface area is 615 Å². The van der Waals surface area contributed by atoms with Gasteiger partial charge in [-0.25, -0.2) is 22.4 Å². The SMILES string of the molecule is CNC1CCC(N(Cc2cc(-c3ccncc3)ccc2OC)C(=O)c2sc3c(F)ccc(F)c3c2Cl)CC1.COc1ccc(-c2ccncc2)cc1CN(C(=O)c1sc2c(F)ccc(F)c2c1Cl)C1CCC(N(C)C(=O)OC(C)(C)C)CC1.Cl.PP(P)P(P)P.PPP(P)P(P)P. The van der Waals surface area contributed by atoms with Crippen molar-refractivity contribution in [3.8, 4) is 33.8 Å². The quantitative estimate of drug-likeness (QED) is 0.0700. The van der Waals surface area contributed by atoms with Crippen LogP contribution in [0.1, 0.15) is 103 Å². The monoisotopic (exact) mass is 1670 g/mol. The predicted molar refractivity (Wildman–Crippen MR) is 442 cm³/mol. The van der Waals surface area contributed by atoms with E-state index in [4.69, 9.17) is 37.4 Å². The van der Waals surface area contributed by atoms with Gasteiger partial charge in [0.05, 0.1) is 44.4 Å².